The summed E-state index contributed by atoms with van der Waals surface area (Å²) < 4.78 is 4.80. The summed E-state index contributed by atoms with van der Waals surface area (Å²) in [4.78, 5) is 10.3. The van der Waals surface area contributed by atoms with E-state index < -0.39 is 0 Å². The largest absolute Gasteiger partial charge is 0.466 e. The summed E-state index contributed by atoms with van der Waals surface area (Å²) >= 11 is 0. The van der Waals surface area contributed by atoms with E-state index in [1.807, 2.05) is 0 Å². The number of hydrogen-bond acceptors (Lipinski definition) is 2. The first-order valence-corrected chi connectivity index (χ1v) is 4.30. The normalized spacial score (nSPS) is 12.6. The molecule has 1 atom stereocenters. The molecular weight excluding hydrogens is 140 g/mol. The van der Waals surface area contributed by atoms with E-state index in [0.29, 0.717) is 6.61 Å². The first-order chi connectivity index (χ1) is 5.16. The Bertz CT molecular complexity index is 110. The molecule has 2 heteroatoms. The van der Waals surface area contributed by atoms with Gasteiger partial charge in [-0.2, -0.15) is 0 Å². The number of hydrogen-bond donors (Lipinski definition) is 0. The average molecular weight is 158 g/mol. The maximum Gasteiger partial charge on any atom is 0.302 e. The van der Waals surface area contributed by atoms with Crippen LogP contribution in [0.2, 0.25) is 0 Å². The third-order valence-corrected chi connectivity index (χ3v) is 1.84. The quantitative estimate of drug-likeness (QED) is 0.453. The minimum atomic E-state index is -0.172. The Morgan fingerprint density at radius 3 is 2.64 bits per heavy atom. The van der Waals surface area contributed by atoms with Gasteiger partial charge >= 0.3 is 5.97 Å². The van der Waals surface area contributed by atoms with Crippen LogP contribution in [-0.4, -0.2) is 12.6 Å². The summed E-state index contributed by atoms with van der Waals surface area (Å²) in [5.41, 5.74) is 0. The second-order valence-corrected chi connectivity index (χ2v) is 3.00. The number of carbonyl (C=O) groups is 1. The second kappa shape index (κ2) is 6.20. The van der Waals surface area contributed by atoms with E-state index in [4.69, 9.17) is 4.74 Å². The second-order valence-electron chi connectivity index (χ2n) is 3.00. The lowest BCUT2D eigenvalue weighted by atomic mass is 10.0. The fourth-order valence-corrected chi connectivity index (χ4v) is 0.852. The number of ether oxygens (including phenoxy) is 1. The van der Waals surface area contributed by atoms with Crippen molar-refractivity contribution in [2.45, 2.75) is 40.0 Å². The molecule has 0 fully saturated rings. The summed E-state index contributed by atoms with van der Waals surface area (Å²) in [6.07, 6.45) is 3.36. The molecule has 0 spiro atoms. The van der Waals surface area contributed by atoms with Crippen LogP contribution in [0.25, 0.3) is 0 Å². The van der Waals surface area contributed by atoms with Crippen LogP contribution in [0.1, 0.15) is 40.0 Å². The molecule has 0 aliphatic heterocycles. The van der Waals surface area contributed by atoms with Crippen LogP contribution in [0, 0.1) is 5.92 Å². The van der Waals surface area contributed by atoms with Gasteiger partial charge in [-0.25, -0.2) is 0 Å². The van der Waals surface area contributed by atoms with Crippen LogP contribution >= 0.6 is 0 Å². The zero-order chi connectivity index (χ0) is 8.69. The van der Waals surface area contributed by atoms with Crippen molar-refractivity contribution in [2.24, 2.45) is 5.92 Å². The van der Waals surface area contributed by atoms with Gasteiger partial charge in [-0.15, -0.1) is 0 Å². The first-order valence-electron chi connectivity index (χ1n) is 4.30. The van der Waals surface area contributed by atoms with Crippen LogP contribution in [0.15, 0.2) is 0 Å². The van der Waals surface area contributed by atoms with Crippen LogP contribution in [-0.2, 0) is 9.53 Å². The first kappa shape index (κ1) is 10.5. The van der Waals surface area contributed by atoms with Crippen molar-refractivity contribution in [3.8, 4) is 0 Å². The molecule has 0 aliphatic carbocycles. The van der Waals surface area contributed by atoms with Crippen LogP contribution in [0.3, 0.4) is 0 Å². The fraction of sp³-hybridized carbons (Fsp3) is 0.889. The van der Waals surface area contributed by atoms with Crippen LogP contribution in [0.5, 0.6) is 0 Å². The Kier molecular flexibility index (Phi) is 5.90. The molecule has 1 unspecified atom stereocenters. The molecule has 0 bridgehead atoms. The Labute approximate surface area is 68.9 Å². The van der Waals surface area contributed by atoms with E-state index in [1.165, 1.54) is 13.3 Å². The molecule has 66 valence electrons. The van der Waals surface area contributed by atoms with Gasteiger partial charge in [-0.1, -0.05) is 20.3 Å². The van der Waals surface area contributed by atoms with Gasteiger partial charge in [0.2, 0.25) is 0 Å². The molecule has 0 aromatic heterocycles. The van der Waals surface area contributed by atoms with Crippen molar-refractivity contribution < 1.29 is 9.53 Å². The van der Waals surface area contributed by atoms with Crippen LogP contribution < -0.4 is 0 Å². The van der Waals surface area contributed by atoms with Crippen molar-refractivity contribution in [3.05, 3.63) is 0 Å². The maximum absolute atomic E-state index is 10.3. The third-order valence-electron chi connectivity index (χ3n) is 1.84. The van der Waals surface area contributed by atoms with Gasteiger partial charge in [0.15, 0.2) is 0 Å². The molecule has 0 heterocycles. The molecular formula is C9H18O2. The highest BCUT2D eigenvalue weighted by molar-refractivity contribution is 5.65. The summed E-state index contributed by atoms with van der Waals surface area (Å²) in [5, 5.41) is 0. The molecule has 0 aliphatic rings. The standard InChI is InChI=1S/C9H18O2/c1-4-8(2)6-5-7-11-9(3)10/h8H,4-7H2,1-3H3. The highest BCUT2D eigenvalue weighted by atomic mass is 16.5. The molecule has 0 saturated heterocycles. The molecule has 0 saturated carbocycles. The summed E-state index contributed by atoms with van der Waals surface area (Å²) in [5.74, 6) is 0.583. The van der Waals surface area contributed by atoms with E-state index in [0.717, 1.165) is 18.8 Å². The zero-order valence-corrected chi connectivity index (χ0v) is 7.72. The lowest BCUT2D eigenvalue weighted by Crippen LogP contribution is -2.02. The van der Waals surface area contributed by atoms with Gasteiger partial charge < -0.3 is 4.74 Å². The van der Waals surface area contributed by atoms with Crippen molar-refractivity contribution >= 4 is 5.97 Å². The monoisotopic (exact) mass is 158 g/mol. The lowest BCUT2D eigenvalue weighted by Gasteiger charge is -2.06. The number of carbonyl (C=O) groups excluding carboxylic acids is 1. The summed E-state index contributed by atoms with van der Waals surface area (Å²) in [6.45, 7) is 6.42. The molecule has 0 aromatic rings. The highest BCUT2D eigenvalue weighted by Crippen LogP contribution is 2.08. The molecule has 0 rings (SSSR count). The third kappa shape index (κ3) is 7.37. The van der Waals surface area contributed by atoms with E-state index in [-0.39, 0.29) is 5.97 Å². The number of rotatable bonds is 5. The number of esters is 1. The van der Waals surface area contributed by atoms with E-state index in [9.17, 15) is 4.79 Å². The molecule has 0 N–H and O–H groups in total. The maximum atomic E-state index is 10.3. The van der Waals surface area contributed by atoms with Gasteiger partial charge in [0.05, 0.1) is 6.61 Å². The van der Waals surface area contributed by atoms with Crippen molar-refractivity contribution in [3.63, 3.8) is 0 Å². The highest BCUT2D eigenvalue weighted by Gasteiger charge is 1.98. The van der Waals surface area contributed by atoms with E-state index in [2.05, 4.69) is 13.8 Å². The summed E-state index contributed by atoms with van der Waals surface area (Å²) in [6, 6.07) is 0. The van der Waals surface area contributed by atoms with Crippen molar-refractivity contribution in [2.75, 3.05) is 6.61 Å². The van der Waals surface area contributed by atoms with Gasteiger partial charge in [0, 0.05) is 6.92 Å². The Morgan fingerprint density at radius 1 is 1.55 bits per heavy atom. The average Bonchev–Trinajstić information content (AvgIpc) is 1.97. The Morgan fingerprint density at radius 2 is 2.18 bits per heavy atom. The van der Waals surface area contributed by atoms with Gasteiger partial charge in [-0.05, 0) is 18.8 Å². The van der Waals surface area contributed by atoms with E-state index >= 15 is 0 Å². The Hall–Kier alpha value is -0.530. The SMILES string of the molecule is CCC(C)CCCOC(C)=O. The molecule has 0 aromatic carbocycles. The fourth-order valence-electron chi connectivity index (χ4n) is 0.852. The molecule has 0 radical (unpaired) electrons. The van der Waals surface area contributed by atoms with Gasteiger partial charge in [0.1, 0.15) is 0 Å². The zero-order valence-electron chi connectivity index (χ0n) is 7.72. The summed E-state index contributed by atoms with van der Waals surface area (Å²) in [7, 11) is 0. The minimum Gasteiger partial charge on any atom is -0.466 e. The van der Waals surface area contributed by atoms with Crippen LogP contribution in [0.4, 0.5) is 0 Å². The Balaban J connectivity index is 3.08. The predicted octanol–water partition coefficient (Wildman–Crippen LogP) is 2.38. The molecule has 11 heavy (non-hydrogen) atoms. The smallest absolute Gasteiger partial charge is 0.302 e. The predicted molar refractivity (Wildman–Crippen MR) is 45.3 cm³/mol. The van der Waals surface area contributed by atoms with Crippen molar-refractivity contribution in [1.29, 1.82) is 0 Å². The van der Waals surface area contributed by atoms with Crippen molar-refractivity contribution in [1.82, 2.24) is 0 Å². The topological polar surface area (TPSA) is 26.3 Å². The lowest BCUT2D eigenvalue weighted by molar-refractivity contribution is -0.141. The van der Waals surface area contributed by atoms with Gasteiger partial charge in [0.25, 0.3) is 0 Å². The minimum absolute atomic E-state index is 0.172. The van der Waals surface area contributed by atoms with E-state index in [1.54, 1.807) is 0 Å². The van der Waals surface area contributed by atoms with Gasteiger partial charge in [-0.3, -0.25) is 4.79 Å². The molecule has 2 nitrogen and oxygen atoms in total. The molecule has 0 amide bonds.